The molecule has 0 aliphatic heterocycles. The highest BCUT2D eigenvalue weighted by Gasteiger charge is 2.22. The van der Waals surface area contributed by atoms with Crippen molar-refractivity contribution in [1.29, 1.82) is 0 Å². The maximum atomic E-state index is 11.3. The van der Waals surface area contributed by atoms with Gasteiger partial charge in [0.2, 0.25) is 0 Å². The maximum absolute atomic E-state index is 11.3. The van der Waals surface area contributed by atoms with Crippen molar-refractivity contribution in [3.8, 4) is 11.3 Å². The van der Waals surface area contributed by atoms with Gasteiger partial charge in [0.25, 0.3) is 0 Å². The average molecular weight is 319 g/mol. The van der Waals surface area contributed by atoms with Crippen molar-refractivity contribution in [3.05, 3.63) is 40.8 Å². The van der Waals surface area contributed by atoms with E-state index in [1.807, 2.05) is 24.4 Å². The van der Waals surface area contributed by atoms with Gasteiger partial charge in [-0.05, 0) is 18.9 Å². The Balaban J connectivity index is 1.84. The van der Waals surface area contributed by atoms with Gasteiger partial charge < -0.3 is 4.98 Å². The Kier molecular flexibility index (Phi) is 3.51. The number of aromatic amines is 1. The fourth-order valence-electron chi connectivity index (χ4n) is 2.57. The first-order chi connectivity index (χ1) is 9.24. The van der Waals surface area contributed by atoms with Gasteiger partial charge in [0.1, 0.15) is 11.6 Å². The molecule has 1 aliphatic carbocycles. The molecule has 0 unspecified atom stereocenters. The van der Waals surface area contributed by atoms with Crippen LogP contribution in [0.5, 0.6) is 0 Å². The third-order valence-electron chi connectivity index (χ3n) is 3.69. The number of nitrogens with one attached hydrogen (secondary N) is 1. The number of carbonyl (C=O) groups excluding carboxylic acids is 1. The Morgan fingerprint density at radius 2 is 1.95 bits per heavy atom. The Morgan fingerprint density at radius 3 is 2.68 bits per heavy atom. The van der Waals surface area contributed by atoms with E-state index in [9.17, 15) is 4.79 Å². The molecule has 0 saturated heterocycles. The highest BCUT2D eigenvalue weighted by Crippen LogP contribution is 2.32. The molecular weight excluding hydrogens is 304 g/mol. The molecule has 3 rings (SSSR count). The molecule has 0 radical (unpaired) electrons. The van der Waals surface area contributed by atoms with Crippen molar-refractivity contribution < 1.29 is 4.79 Å². The predicted octanol–water partition coefficient (Wildman–Crippen LogP) is 4.07. The first-order valence-corrected chi connectivity index (χ1v) is 7.35. The van der Waals surface area contributed by atoms with E-state index in [0.717, 1.165) is 34.4 Å². The third-order valence-corrected chi connectivity index (χ3v) is 4.38. The monoisotopic (exact) mass is 318 g/mol. The summed E-state index contributed by atoms with van der Waals surface area (Å²) in [7, 11) is 0. The number of nitrogens with zero attached hydrogens (tertiary/aromatic N) is 1. The molecule has 1 aliphatic rings. The van der Waals surface area contributed by atoms with Gasteiger partial charge >= 0.3 is 0 Å². The number of imidazole rings is 1. The van der Waals surface area contributed by atoms with E-state index < -0.39 is 0 Å². The largest absolute Gasteiger partial charge is 0.342 e. The molecule has 0 amide bonds. The fraction of sp³-hybridized carbons (Fsp3) is 0.333. The highest BCUT2D eigenvalue weighted by molar-refractivity contribution is 9.10. The first-order valence-electron chi connectivity index (χ1n) is 6.55. The lowest BCUT2D eigenvalue weighted by atomic mass is 9.88. The third kappa shape index (κ3) is 2.63. The van der Waals surface area contributed by atoms with Gasteiger partial charge in [0.15, 0.2) is 0 Å². The van der Waals surface area contributed by atoms with Crippen LogP contribution >= 0.6 is 15.9 Å². The normalized spacial score (nSPS) is 16.8. The number of carbonyl (C=O) groups is 1. The molecule has 19 heavy (non-hydrogen) atoms. The summed E-state index contributed by atoms with van der Waals surface area (Å²) in [6, 6.07) is 8.10. The van der Waals surface area contributed by atoms with E-state index in [4.69, 9.17) is 0 Å². The molecule has 1 aromatic carbocycles. The molecule has 1 fully saturated rings. The van der Waals surface area contributed by atoms with Crippen LogP contribution in [0.25, 0.3) is 11.3 Å². The zero-order valence-corrected chi connectivity index (χ0v) is 12.1. The number of benzene rings is 1. The number of halogens is 1. The summed E-state index contributed by atoms with van der Waals surface area (Å²) < 4.78 is 1.06. The summed E-state index contributed by atoms with van der Waals surface area (Å²) in [5.41, 5.74) is 2.15. The smallest absolute Gasteiger partial charge is 0.132 e. The van der Waals surface area contributed by atoms with Crippen LogP contribution in [0.4, 0.5) is 0 Å². The average Bonchev–Trinajstić information content (AvgIpc) is 2.89. The number of rotatable bonds is 2. The standard InChI is InChI=1S/C15H15BrN2O/c16-13-4-2-1-3-12(13)14-9-17-15(18-14)10-5-7-11(19)8-6-10/h1-4,9-10H,5-8H2,(H,17,18). The molecule has 1 saturated carbocycles. The van der Waals surface area contributed by atoms with Crippen LogP contribution in [0.15, 0.2) is 34.9 Å². The van der Waals surface area contributed by atoms with Gasteiger partial charge in [0, 0.05) is 28.8 Å². The van der Waals surface area contributed by atoms with Crippen LogP contribution in [-0.2, 0) is 4.79 Å². The zero-order chi connectivity index (χ0) is 13.2. The summed E-state index contributed by atoms with van der Waals surface area (Å²) in [6.45, 7) is 0. The molecule has 1 heterocycles. The Bertz CT molecular complexity index is 596. The molecule has 0 spiro atoms. The number of hydrogen-bond donors (Lipinski definition) is 1. The first kappa shape index (κ1) is 12.6. The van der Waals surface area contributed by atoms with Crippen molar-refractivity contribution in [1.82, 2.24) is 9.97 Å². The second-order valence-electron chi connectivity index (χ2n) is 4.97. The number of hydrogen-bond acceptors (Lipinski definition) is 2. The van der Waals surface area contributed by atoms with Crippen LogP contribution < -0.4 is 0 Å². The van der Waals surface area contributed by atoms with Crippen LogP contribution in [-0.4, -0.2) is 15.8 Å². The molecular formula is C15H15BrN2O. The van der Waals surface area contributed by atoms with Crippen molar-refractivity contribution >= 4 is 21.7 Å². The highest BCUT2D eigenvalue weighted by atomic mass is 79.9. The van der Waals surface area contributed by atoms with Crippen molar-refractivity contribution in [3.63, 3.8) is 0 Å². The minimum Gasteiger partial charge on any atom is -0.342 e. The second-order valence-corrected chi connectivity index (χ2v) is 5.83. The molecule has 2 aromatic rings. The van der Waals surface area contributed by atoms with Crippen LogP contribution in [0.3, 0.4) is 0 Å². The lowest BCUT2D eigenvalue weighted by Gasteiger charge is -2.18. The Hall–Kier alpha value is -1.42. The number of H-pyrrole nitrogens is 1. The van der Waals surface area contributed by atoms with E-state index in [-0.39, 0.29) is 0 Å². The van der Waals surface area contributed by atoms with Gasteiger partial charge in [-0.25, -0.2) is 4.98 Å². The summed E-state index contributed by atoms with van der Waals surface area (Å²) in [5.74, 6) is 1.79. The van der Waals surface area contributed by atoms with E-state index >= 15 is 0 Å². The predicted molar refractivity (Wildman–Crippen MR) is 77.9 cm³/mol. The summed E-state index contributed by atoms with van der Waals surface area (Å²) >= 11 is 3.55. The molecule has 4 heteroatoms. The quantitative estimate of drug-likeness (QED) is 0.907. The topological polar surface area (TPSA) is 45.8 Å². The number of aromatic nitrogens is 2. The van der Waals surface area contributed by atoms with Crippen molar-refractivity contribution in [2.75, 3.05) is 0 Å². The van der Waals surface area contributed by atoms with Gasteiger partial charge in [-0.2, -0.15) is 0 Å². The minimum atomic E-state index is 0.383. The Morgan fingerprint density at radius 1 is 1.21 bits per heavy atom. The van der Waals surface area contributed by atoms with Gasteiger partial charge in [-0.3, -0.25) is 4.79 Å². The lowest BCUT2D eigenvalue weighted by molar-refractivity contribution is -0.120. The van der Waals surface area contributed by atoms with Crippen molar-refractivity contribution in [2.24, 2.45) is 0 Å². The van der Waals surface area contributed by atoms with Crippen LogP contribution in [0.1, 0.15) is 37.4 Å². The van der Waals surface area contributed by atoms with Gasteiger partial charge in [0.05, 0.1) is 11.9 Å². The lowest BCUT2D eigenvalue weighted by Crippen LogP contribution is -2.13. The second kappa shape index (κ2) is 5.29. The summed E-state index contributed by atoms with van der Waals surface area (Å²) in [6.07, 6.45) is 5.10. The van der Waals surface area contributed by atoms with E-state index in [1.165, 1.54) is 0 Å². The molecule has 0 bridgehead atoms. The molecule has 0 atom stereocenters. The summed E-state index contributed by atoms with van der Waals surface area (Å²) in [4.78, 5) is 19.2. The SMILES string of the molecule is O=C1CCC(c2ncc(-c3ccccc3Br)[nH]2)CC1. The number of Topliss-reactive ketones (excluding diaryl/α,β-unsaturated/α-hetero) is 1. The fourth-order valence-corrected chi connectivity index (χ4v) is 3.07. The van der Waals surface area contributed by atoms with E-state index in [0.29, 0.717) is 24.5 Å². The molecule has 98 valence electrons. The maximum Gasteiger partial charge on any atom is 0.132 e. The Labute approximate surface area is 120 Å². The van der Waals surface area contributed by atoms with Crippen LogP contribution in [0.2, 0.25) is 0 Å². The molecule has 3 nitrogen and oxygen atoms in total. The van der Waals surface area contributed by atoms with Gasteiger partial charge in [-0.15, -0.1) is 0 Å². The molecule has 1 N–H and O–H groups in total. The molecule has 1 aromatic heterocycles. The zero-order valence-electron chi connectivity index (χ0n) is 10.5. The summed E-state index contributed by atoms with van der Waals surface area (Å²) in [5, 5.41) is 0. The van der Waals surface area contributed by atoms with Gasteiger partial charge in [-0.1, -0.05) is 34.1 Å². The van der Waals surface area contributed by atoms with Crippen molar-refractivity contribution in [2.45, 2.75) is 31.6 Å². The van der Waals surface area contributed by atoms with E-state index in [2.05, 4.69) is 32.0 Å². The van der Waals surface area contributed by atoms with Crippen LogP contribution in [0, 0.1) is 0 Å². The van der Waals surface area contributed by atoms with E-state index in [1.54, 1.807) is 0 Å². The minimum absolute atomic E-state index is 0.383. The number of ketones is 1.